The molecule has 104 valence electrons. The van der Waals surface area contributed by atoms with Crippen molar-refractivity contribution in [2.24, 2.45) is 5.92 Å². The Hall–Kier alpha value is -1.43. The summed E-state index contributed by atoms with van der Waals surface area (Å²) in [6.45, 7) is 7.42. The Morgan fingerprint density at radius 1 is 1.42 bits per heavy atom. The van der Waals surface area contributed by atoms with Crippen LogP contribution in [0.25, 0.3) is 0 Å². The molecule has 0 aromatic heterocycles. The summed E-state index contributed by atoms with van der Waals surface area (Å²) in [4.78, 5) is 26.4. The molecular weight excluding hydrogens is 260 g/mol. The molecule has 1 aromatic rings. The van der Waals surface area contributed by atoms with Crippen molar-refractivity contribution in [2.75, 3.05) is 0 Å². The zero-order valence-corrected chi connectivity index (χ0v) is 12.3. The summed E-state index contributed by atoms with van der Waals surface area (Å²) in [6.07, 6.45) is 1.80. The number of hydrogen-bond donors (Lipinski definition) is 1. The highest BCUT2D eigenvalue weighted by atomic mass is 28.4. The summed E-state index contributed by atoms with van der Waals surface area (Å²) < 4.78 is 5.09. The van der Waals surface area contributed by atoms with Crippen molar-refractivity contribution in [1.29, 1.82) is 0 Å². The predicted molar refractivity (Wildman–Crippen MR) is 75.7 cm³/mol. The molecule has 4 nitrogen and oxygen atoms in total. The van der Waals surface area contributed by atoms with Gasteiger partial charge in [-0.3, -0.25) is 0 Å². The highest BCUT2D eigenvalue weighted by Crippen LogP contribution is 2.16. The van der Waals surface area contributed by atoms with E-state index in [4.69, 9.17) is 4.58 Å². The van der Waals surface area contributed by atoms with Crippen LogP contribution in [0.2, 0.25) is 6.04 Å². The minimum Gasteiger partial charge on any atom is -0.405 e. The molecule has 0 saturated carbocycles. The molecule has 0 fully saturated rings. The number of carbonyl (C=O) groups excluding carboxylic acids is 1. The van der Waals surface area contributed by atoms with Crippen LogP contribution in [0.15, 0.2) is 43.0 Å². The van der Waals surface area contributed by atoms with Crippen molar-refractivity contribution in [3.05, 3.63) is 43.0 Å². The standard InChI is InChI=1S/C14H20O4Si/c1-4-14(15)17-18-19(16,11-10-12(2)3)13-8-6-5-7-9-13/h4-9,12,16H,1,10-11H2,2-3H3. The maximum atomic E-state index is 11.1. The van der Waals surface area contributed by atoms with Gasteiger partial charge in [-0.05, 0) is 23.6 Å². The van der Waals surface area contributed by atoms with E-state index in [2.05, 4.69) is 25.3 Å². The summed E-state index contributed by atoms with van der Waals surface area (Å²) in [7, 11) is -3.26. The normalized spacial score (nSPS) is 13.9. The van der Waals surface area contributed by atoms with Crippen molar-refractivity contribution in [3.8, 4) is 0 Å². The summed E-state index contributed by atoms with van der Waals surface area (Å²) in [5.41, 5.74) is 0. The van der Waals surface area contributed by atoms with Crippen molar-refractivity contribution in [3.63, 3.8) is 0 Å². The van der Waals surface area contributed by atoms with Gasteiger partial charge in [0.25, 0.3) is 0 Å². The monoisotopic (exact) mass is 280 g/mol. The van der Waals surface area contributed by atoms with Crippen LogP contribution in [0.5, 0.6) is 0 Å². The molecule has 1 N–H and O–H groups in total. The first-order chi connectivity index (χ1) is 8.98. The van der Waals surface area contributed by atoms with E-state index >= 15 is 0 Å². The molecule has 0 bridgehead atoms. The number of carbonyl (C=O) groups is 1. The molecule has 1 aromatic carbocycles. The molecule has 0 aliphatic heterocycles. The molecule has 19 heavy (non-hydrogen) atoms. The van der Waals surface area contributed by atoms with Gasteiger partial charge in [0.05, 0.1) is 0 Å². The Bertz CT molecular complexity index is 419. The lowest BCUT2D eigenvalue weighted by Crippen LogP contribution is -2.51. The zero-order valence-electron chi connectivity index (χ0n) is 11.3. The molecule has 1 atom stereocenters. The maximum absolute atomic E-state index is 11.1. The van der Waals surface area contributed by atoms with Gasteiger partial charge in [-0.2, -0.15) is 4.58 Å². The predicted octanol–water partition coefficient (Wildman–Crippen LogP) is 2.04. The van der Waals surface area contributed by atoms with Gasteiger partial charge in [0.15, 0.2) is 0 Å². The van der Waals surface area contributed by atoms with E-state index in [1.165, 1.54) is 0 Å². The quantitative estimate of drug-likeness (QED) is 0.359. The van der Waals surface area contributed by atoms with Gasteiger partial charge >= 0.3 is 14.5 Å². The molecule has 1 rings (SSSR count). The molecule has 0 heterocycles. The molecular formula is C14H20O4Si. The SMILES string of the molecule is C=CC(=O)OO[Si](O)(CCC(C)C)c1ccccc1. The molecule has 5 heteroatoms. The Kier molecular flexibility index (Phi) is 5.94. The van der Waals surface area contributed by atoms with E-state index in [0.717, 1.165) is 12.5 Å². The third-order valence-corrected chi connectivity index (χ3v) is 5.27. The van der Waals surface area contributed by atoms with Crippen molar-refractivity contribution in [2.45, 2.75) is 26.3 Å². The van der Waals surface area contributed by atoms with Crippen LogP contribution >= 0.6 is 0 Å². The lowest BCUT2D eigenvalue weighted by molar-refractivity contribution is -0.219. The van der Waals surface area contributed by atoms with Gasteiger partial charge in [-0.1, -0.05) is 50.8 Å². The third kappa shape index (κ3) is 4.98. The molecule has 0 saturated heterocycles. The smallest absolute Gasteiger partial charge is 0.405 e. The molecule has 1 unspecified atom stereocenters. The van der Waals surface area contributed by atoms with Crippen LogP contribution in [-0.4, -0.2) is 19.3 Å². The zero-order chi connectivity index (χ0) is 14.3. The lowest BCUT2D eigenvalue weighted by Gasteiger charge is -2.23. The highest BCUT2D eigenvalue weighted by Gasteiger charge is 2.39. The Labute approximate surface area is 114 Å². The van der Waals surface area contributed by atoms with Crippen LogP contribution in [-0.2, 0) is 14.3 Å². The fourth-order valence-corrected chi connectivity index (χ4v) is 3.93. The second-order valence-corrected chi connectivity index (χ2v) is 7.59. The minimum absolute atomic E-state index is 0.432. The molecule has 0 radical (unpaired) electrons. The Balaban J connectivity index is 2.83. The second kappa shape index (κ2) is 7.23. The van der Waals surface area contributed by atoms with Gasteiger partial charge < -0.3 is 9.68 Å². The number of hydrogen-bond acceptors (Lipinski definition) is 4. The van der Waals surface area contributed by atoms with Crippen LogP contribution < -0.4 is 5.19 Å². The first-order valence-corrected chi connectivity index (χ1v) is 8.34. The van der Waals surface area contributed by atoms with E-state index in [9.17, 15) is 9.59 Å². The lowest BCUT2D eigenvalue weighted by atomic mass is 10.2. The topological polar surface area (TPSA) is 55.8 Å². The number of benzene rings is 1. The average Bonchev–Trinajstić information content (AvgIpc) is 2.43. The van der Waals surface area contributed by atoms with Gasteiger partial charge in [0.2, 0.25) is 0 Å². The van der Waals surface area contributed by atoms with Crippen LogP contribution in [0.4, 0.5) is 0 Å². The maximum Gasteiger partial charge on any atom is 0.420 e. The fraction of sp³-hybridized carbons (Fsp3) is 0.357. The Morgan fingerprint density at radius 3 is 2.58 bits per heavy atom. The third-order valence-electron chi connectivity index (χ3n) is 2.71. The van der Waals surface area contributed by atoms with Gasteiger partial charge in [-0.15, -0.1) is 0 Å². The highest BCUT2D eigenvalue weighted by molar-refractivity contribution is 6.79. The molecule has 0 spiro atoms. The van der Waals surface area contributed by atoms with Crippen LogP contribution in [0, 0.1) is 5.92 Å². The van der Waals surface area contributed by atoms with Gasteiger partial charge in [0, 0.05) is 6.08 Å². The van der Waals surface area contributed by atoms with Gasteiger partial charge in [-0.25, -0.2) is 4.79 Å². The fourth-order valence-electron chi connectivity index (χ4n) is 1.56. The second-order valence-electron chi connectivity index (χ2n) is 4.77. The van der Waals surface area contributed by atoms with Gasteiger partial charge in [0.1, 0.15) is 0 Å². The van der Waals surface area contributed by atoms with E-state index in [1.54, 1.807) is 12.1 Å². The van der Waals surface area contributed by atoms with E-state index < -0.39 is 14.5 Å². The van der Waals surface area contributed by atoms with Crippen molar-refractivity contribution in [1.82, 2.24) is 0 Å². The van der Waals surface area contributed by atoms with E-state index in [-0.39, 0.29) is 0 Å². The van der Waals surface area contributed by atoms with Crippen molar-refractivity contribution < 1.29 is 19.1 Å². The van der Waals surface area contributed by atoms with E-state index in [0.29, 0.717) is 17.1 Å². The van der Waals surface area contributed by atoms with Crippen molar-refractivity contribution >= 4 is 19.7 Å². The first-order valence-electron chi connectivity index (χ1n) is 6.28. The Morgan fingerprint density at radius 2 is 2.05 bits per heavy atom. The average molecular weight is 280 g/mol. The summed E-state index contributed by atoms with van der Waals surface area (Å²) in [5.74, 6) is -0.271. The van der Waals surface area contributed by atoms with Crippen LogP contribution in [0.3, 0.4) is 0 Å². The minimum atomic E-state index is -3.26. The molecule has 0 aliphatic rings. The number of rotatable bonds is 7. The van der Waals surface area contributed by atoms with E-state index in [1.807, 2.05) is 18.2 Å². The summed E-state index contributed by atoms with van der Waals surface area (Å²) in [6, 6.07) is 9.54. The largest absolute Gasteiger partial charge is 0.420 e. The first kappa shape index (κ1) is 15.6. The molecule has 0 aliphatic carbocycles. The summed E-state index contributed by atoms with van der Waals surface area (Å²) >= 11 is 0. The van der Waals surface area contributed by atoms with Crippen LogP contribution in [0.1, 0.15) is 20.3 Å². The molecule has 0 amide bonds. The summed E-state index contributed by atoms with van der Waals surface area (Å²) in [5, 5.41) is 0.688.